The molecule has 0 radical (unpaired) electrons. The van der Waals surface area contributed by atoms with Crippen LogP contribution in [0.4, 0.5) is 0 Å². The number of H-pyrrole nitrogens is 1. The molecule has 0 bridgehead atoms. The highest BCUT2D eigenvalue weighted by Gasteiger charge is 2.05. The molecule has 0 amide bonds. The van der Waals surface area contributed by atoms with Crippen LogP contribution in [0.1, 0.15) is 29.4 Å². The predicted molar refractivity (Wildman–Crippen MR) is 70.2 cm³/mol. The first-order valence-corrected chi connectivity index (χ1v) is 6.98. The van der Waals surface area contributed by atoms with E-state index in [0.717, 1.165) is 16.4 Å². The zero-order valence-electron chi connectivity index (χ0n) is 9.40. The van der Waals surface area contributed by atoms with Crippen molar-refractivity contribution >= 4 is 22.7 Å². The van der Waals surface area contributed by atoms with Gasteiger partial charge in [0.05, 0.1) is 11.7 Å². The zero-order valence-corrected chi connectivity index (χ0v) is 11.0. The van der Waals surface area contributed by atoms with Gasteiger partial charge in [-0.1, -0.05) is 11.3 Å². The van der Waals surface area contributed by atoms with E-state index in [2.05, 4.69) is 15.3 Å². The van der Waals surface area contributed by atoms with E-state index < -0.39 is 0 Å². The molecule has 2 heterocycles. The van der Waals surface area contributed by atoms with Gasteiger partial charge in [-0.3, -0.25) is 4.79 Å². The summed E-state index contributed by atoms with van der Waals surface area (Å²) in [5.41, 5.74) is 7.63. The van der Waals surface area contributed by atoms with Crippen molar-refractivity contribution in [1.82, 2.24) is 15.3 Å². The lowest BCUT2D eigenvalue weighted by Gasteiger charge is -2.00. The average molecular weight is 270 g/mol. The number of thiazole rings is 2. The molecule has 5 nitrogen and oxygen atoms in total. The van der Waals surface area contributed by atoms with Crippen LogP contribution in [0.2, 0.25) is 0 Å². The van der Waals surface area contributed by atoms with E-state index in [-0.39, 0.29) is 10.9 Å². The van der Waals surface area contributed by atoms with E-state index >= 15 is 0 Å². The number of hydrogen-bond donors (Lipinski definition) is 3. The summed E-state index contributed by atoms with van der Waals surface area (Å²) in [7, 11) is 0. The Bertz CT molecular complexity index is 528. The highest BCUT2D eigenvalue weighted by atomic mass is 32.1. The molecule has 0 aliphatic carbocycles. The predicted octanol–water partition coefficient (Wildman–Crippen LogP) is 1.20. The van der Waals surface area contributed by atoms with Gasteiger partial charge in [0.2, 0.25) is 0 Å². The van der Waals surface area contributed by atoms with Crippen LogP contribution in [0, 0.1) is 0 Å². The summed E-state index contributed by atoms with van der Waals surface area (Å²) in [5.74, 6) is 0. The van der Waals surface area contributed by atoms with Gasteiger partial charge in [-0.25, -0.2) is 4.98 Å². The Hall–Kier alpha value is -1.02. The molecule has 0 aliphatic heterocycles. The molecule has 0 aromatic carbocycles. The summed E-state index contributed by atoms with van der Waals surface area (Å²) in [5, 5.41) is 8.00. The van der Waals surface area contributed by atoms with Gasteiger partial charge in [0.25, 0.3) is 0 Å². The second-order valence-corrected chi connectivity index (χ2v) is 5.47. The third-order valence-electron chi connectivity index (χ3n) is 2.15. The summed E-state index contributed by atoms with van der Waals surface area (Å²) < 4.78 is 0. The summed E-state index contributed by atoms with van der Waals surface area (Å²) in [6.45, 7) is 3.25. The molecule has 1 unspecified atom stereocenters. The second-order valence-electron chi connectivity index (χ2n) is 3.74. The number of hydrogen-bond acceptors (Lipinski definition) is 6. The van der Waals surface area contributed by atoms with Crippen molar-refractivity contribution in [2.45, 2.75) is 26.1 Å². The fourth-order valence-electron chi connectivity index (χ4n) is 1.34. The van der Waals surface area contributed by atoms with E-state index in [4.69, 9.17) is 5.73 Å². The van der Waals surface area contributed by atoms with E-state index in [9.17, 15) is 4.79 Å². The van der Waals surface area contributed by atoms with Gasteiger partial charge in [0.15, 0.2) is 0 Å². The Kier molecular flexibility index (Phi) is 4.06. The molecule has 2 aromatic heterocycles. The van der Waals surface area contributed by atoms with Crippen molar-refractivity contribution in [1.29, 1.82) is 0 Å². The molecule has 92 valence electrons. The first-order valence-electron chi connectivity index (χ1n) is 5.22. The number of nitrogens with two attached hydrogens (primary N) is 1. The van der Waals surface area contributed by atoms with Gasteiger partial charge in [-0.05, 0) is 6.92 Å². The number of nitrogens with one attached hydrogen (secondary N) is 2. The van der Waals surface area contributed by atoms with Gasteiger partial charge in [0.1, 0.15) is 5.01 Å². The van der Waals surface area contributed by atoms with E-state index in [0.29, 0.717) is 13.1 Å². The van der Waals surface area contributed by atoms with Crippen molar-refractivity contribution in [3.8, 4) is 0 Å². The third kappa shape index (κ3) is 3.47. The van der Waals surface area contributed by atoms with Gasteiger partial charge in [-0.15, -0.1) is 11.3 Å². The zero-order chi connectivity index (χ0) is 12.3. The standard InChI is InChI=1S/C10H14N4OS2/c1-6(11)9-13-7(4-16-9)2-12-3-8-5-17-10(15)14-8/h4-6,12H,2-3,11H2,1H3,(H,14,15). The number of nitrogens with zero attached hydrogens (tertiary/aromatic N) is 1. The average Bonchev–Trinajstić information content (AvgIpc) is 2.88. The van der Waals surface area contributed by atoms with Crippen LogP contribution in [0.3, 0.4) is 0 Å². The van der Waals surface area contributed by atoms with Crippen molar-refractivity contribution in [3.05, 3.63) is 36.8 Å². The minimum Gasteiger partial charge on any atom is -0.322 e. The fraction of sp³-hybridized carbons (Fsp3) is 0.400. The third-order valence-corrected chi connectivity index (χ3v) is 3.96. The molecule has 17 heavy (non-hydrogen) atoms. The topological polar surface area (TPSA) is 83.8 Å². The highest BCUT2D eigenvalue weighted by molar-refractivity contribution is 7.09. The normalized spacial score (nSPS) is 12.8. The van der Waals surface area contributed by atoms with Crippen LogP contribution in [0.15, 0.2) is 15.6 Å². The number of aromatic nitrogens is 2. The Labute approximate surface area is 107 Å². The molecule has 0 spiro atoms. The van der Waals surface area contributed by atoms with Gasteiger partial charge < -0.3 is 16.0 Å². The van der Waals surface area contributed by atoms with E-state index in [1.54, 1.807) is 11.3 Å². The fourth-order valence-corrected chi connectivity index (χ4v) is 2.70. The van der Waals surface area contributed by atoms with E-state index in [1.807, 2.05) is 17.7 Å². The molecular formula is C10H14N4OS2. The Morgan fingerprint density at radius 3 is 2.88 bits per heavy atom. The lowest BCUT2D eigenvalue weighted by atomic mass is 10.4. The van der Waals surface area contributed by atoms with Crippen molar-refractivity contribution in [2.75, 3.05) is 0 Å². The van der Waals surface area contributed by atoms with Gasteiger partial charge >= 0.3 is 4.87 Å². The quantitative estimate of drug-likeness (QED) is 0.762. The number of aromatic amines is 1. The molecule has 4 N–H and O–H groups in total. The van der Waals surface area contributed by atoms with Crippen LogP contribution >= 0.6 is 22.7 Å². The van der Waals surface area contributed by atoms with Crippen molar-refractivity contribution in [3.63, 3.8) is 0 Å². The van der Waals surface area contributed by atoms with Crippen LogP contribution in [0.25, 0.3) is 0 Å². The van der Waals surface area contributed by atoms with Gasteiger partial charge in [0, 0.05) is 29.5 Å². The first kappa shape index (κ1) is 12.4. The molecule has 2 aromatic rings. The van der Waals surface area contributed by atoms with E-state index in [1.165, 1.54) is 11.3 Å². The maximum atomic E-state index is 10.9. The second kappa shape index (κ2) is 5.54. The Morgan fingerprint density at radius 1 is 1.47 bits per heavy atom. The number of rotatable bonds is 5. The van der Waals surface area contributed by atoms with Crippen molar-refractivity contribution < 1.29 is 0 Å². The van der Waals surface area contributed by atoms with Crippen molar-refractivity contribution in [2.24, 2.45) is 5.73 Å². The monoisotopic (exact) mass is 270 g/mol. The molecule has 0 aliphatic rings. The summed E-state index contributed by atoms with van der Waals surface area (Å²) in [4.78, 5) is 18.0. The maximum Gasteiger partial charge on any atom is 0.304 e. The molecule has 0 saturated heterocycles. The van der Waals surface area contributed by atoms with Crippen LogP contribution in [-0.4, -0.2) is 9.97 Å². The smallest absolute Gasteiger partial charge is 0.304 e. The summed E-state index contributed by atoms with van der Waals surface area (Å²) in [6.07, 6.45) is 0. The molecule has 0 fully saturated rings. The van der Waals surface area contributed by atoms with Gasteiger partial charge in [-0.2, -0.15) is 0 Å². The molecule has 1 atom stereocenters. The largest absolute Gasteiger partial charge is 0.322 e. The summed E-state index contributed by atoms with van der Waals surface area (Å²) >= 11 is 2.75. The maximum absolute atomic E-state index is 10.9. The molecular weight excluding hydrogens is 256 g/mol. The minimum absolute atomic E-state index is 0.0121. The molecule has 0 saturated carbocycles. The molecule has 7 heteroatoms. The lowest BCUT2D eigenvalue weighted by Crippen LogP contribution is -2.14. The SMILES string of the molecule is CC(N)c1nc(CNCc2csc(=O)[nH]2)cs1. The Balaban J connectivity index is 1.83. The highest BCUT2D eigenvalue weighted by Crippen LogP contribution is 2.15. The first-order chi connectivity index (χ1) is 8.15. The Morgan fingerprint density at radius 2 is 2.29 bits per heavy atom. The summed E-state index contributed by atoms with van der Waals surface area (Å²) in [6, 6.07) is -0.0121. The molecule has 2 rings (SSSR count). The van der Waals surface area contributed by atoms with Crippen LogP contribution in [-0.2, 0) is 13.1 Å². The minimum atomic E-state index is -0.0188. The lowest BCUT2D eigenvalue weighted by molar-refractivity contribution is 0.667. The van der Waals surface area contributed by atoms with Crippen LogP contribution < -0.4 is 15.9 Å². The van der Waals surface area contributed by atoms with Crippen LogP contribution in [0.5, 0.6) is 0 Å².